The molecule has 7 nitrogen and oxygen atoms in total. The van der Waals surface area contributed by atoms with Crippen LogP contribution >= 0.6 is 22.9 Å². The third-order valence-electron chi connectivity index (χ3n) is 2.18. The van der Waals surface area contributed by atoms with E-state index in [1.165, 1.54) is 0 Å². The number of nitrogens with zero attached hydrogens (tertiary/aromatic N) is 2. The van der Waals surface area contributed by atoms with Crippen LogP contribution in [-0.2, 0) is 10.0 Å². The smallest absolute Gasteiger partial charge is 0.300 e. The van der Waals surface area contributed by atoms with E-state index in [1.807, 2.05) is 19.0 Å². The van der Waals surface area contributed by atoms with Crippen molar-refractivity contribution in [3.8, 4) is 0 Å². The molecule has 0 saturated carbocycles. The fraction of sp³-hybridized carbons (Fsp3) is 0.556. The van der Waals surface area contributed by atoms with E-state index in [2.05, 4.69) is 4.72 Å². The lowest BCUT2D eigenvalue weighted by molar-refractivity contribution is -0.384. The second kappa shape index (κ2) is 6.62. The van der Waals surface area contributed by atoms with Gasteiger partial charge in [0, 0.05) is 12.6 Å². The lowest BCUT2D eigenvalue weighted by Crippen LogP contribution is -2.26. The van der Waals surface area contributed by atoms with Crippen LogP contribution in [-0.4, -0.2) is 45.4 Å². The van der Waals surface area contributed by atoms with Crippen molar-refractivity contribution in [2.24, 2.45) is 0 Å². The van der Waals surface area contributed by atoms with Crippen LogP contribution in [0, 0.1) is 10.1 Å². The van der Waals surface area contributed by atoms with Crippen molar-refractivity contribution in [3.63, 3.8) is 0 Å². The highest BCUT2D eigenvalue weighted by molar-refractivity contribution is 7.91. The van der Waals surface area contributed by atoms with Crippen LogP contribution in [0.3, 0.4) is 0 Å². The number of rotatable bonds is 7. The summed E-state index contributed by atoms with van der Waals surface area (Å²) in [5, 5.41) is 10.6. The zero-order chi connectivity index (χ0) is 14.6. The van der Waals surface area contributed by atoms with Gasteiger partial charge in [-0.1, -0.05) is 11.6 Å². The Bertz CT molecular complexity index is 556. The Morgan fingerprint density at radius 1 is 1.53 bits per heavy atom. The molecule has 0 aliphatic heterocycles. The van der Waals surface area contributed by atoms with E-state index in [4.69, 9.17) is 11.6 Å². The van der Waals surface area contributed by atoms with Gasteiger partial charge in [0.05, 0.1) is 4.92 Å². The highest BCUT2D eigenvalue weighted by Gasteiger charge is 2.24. The van der Waals surface area contributed by atoms with Crippen molar-refractivity contribution in [2.75, 3.05) is 27.2 Å². The Morgan fingerprint density at radius 3 is 2.63 bits per heavy atom. The van der Waals surface area contributed by atoms with E-state index in [0.29, 0.717) is 17.8 Å². The third-order valence-corrected chi connectivity index (χ3v) is 5.45. The SMILES string of the molecule is CN(C)CCCNS(=O)(=O)c1cc([N+](=O)[O-])c(Cl)s1. The Kier molecular flexibility index (Phi) is 5.68. The molecule has 0 atom stereocenters. The lowest BCUT2D eigenvalue weighted by Gasteiger charge is -2.09. The molecule has 19 heavy (non-hydrogen) atoms. The fourth-order valence-corrected chi connectivity index (χ4v) is 4.05. The van der Waals surface area contributed by atoms with Crippen molar-refractivity contribution >= 4 is 38.6 Å². The predicted octanol–water partition coefficient (Wildman–Crippen LogP) is 1.54. The van der Waals surface area contributed by atoms with Crippen molar-refractivity contribution < 1.29 is 13.3 Å². The summed E-state index contributed by atoms with van der Waals surface area (Å²) in [6.45, 7) is 1.01. The molecule has 0 radical (unpaired) electrons. The van der Waals surface area contributed by atoms with Crippen LogP contribution in [0.5, 0.6) is 0 Å². The van der Waals surface area contributed by atoms with Gasteiger partial charge in [-0.25, -0.2) is 13.1 Å². The first kappa shape index (κ1) is 16.3. The third kappa shape index (κ3) is 4.69. The van der Waals surface area contributed by atoms with Gasteiger partial charge in [-0.3, -0.25) is 10.1 Å². The van der Waals surface area contributed by atoms with Gasteiger partial charge in [0.15, 0.2) is 4.34 Å². The van der Waals surface area contributed by atoms with Crippen LogP contribution in [0.15, 0.2) is 10.3 Å². The zero-order valence-corrected chi connectivity index (χ0v) is 12.8. The van der Waals surface area contributed by atoms with Gasteiger partial charge in [-0.15, -0.1) is 11.3 Å². The van der Waals surface area contributed by atoms with E-state index >= 15 is 0 Å². The molecule has 10 heteroatoms. The molecule has 0 aliphatic rings. The summed E-state index contributed by atoms with van der Waals surface area (Å²) in [4.78, 5) is 11.8. The molecular weight excluding hydrogens is 314 g/mol. The Labute approximate surface area is 120 Å². The molecule has 1 aromatic rings. The number of nitro groups is 1. The van der Waals surface area contributed by atoms with E-state index < -0.39 is 14.9 Å². The maximum atomic E-state index is 11.9. The van der Waals surface area contributed by atoms with E-state index in [1.54, 1.807) is 0 Å². The predicted molar refractivity (Wildman–Crippen MR) is 74.3 cm³/mol. The minimum Gasteiger partial charge on any atom is -0.309 e. The molecule has 0 aromatic carbocycles. The number of halogens is 1. The average Bonchev–Trinajstić information content (AvgIpc) is 2.67. The summed E-state index contributed by atoms with van der Waals surface area (Å²) in [5.41, 5.74) is -0.389. The molecule has 0 spiro atoms. The molecular formula is C9H14ClN3O4S2. The standard InChI is InChI=1S/C9H14ClN3O4S2/c1-12(2)5-3-4-11-19(16,17)8-6-7(13(14)15)9(10)18-8/h6,11H,3-5H2,1-2H3. The molecule has 108 valence electrons. The molecule has 0 fully saturated rings. The van der Waals surface area contributed by atoms with Crippen LogP contribution in [0.4, 0.5) is 5.69 Å². The van der Waals surface area contributed by atoms with Crippen molar-refractivity contribution in [1.29, 1.82) is 0 Å². The van der Waals surface area contributed by atoms with E-state index in [-0.39, 0.29) is 20.8 Å². The average molecular weight is 328 g/mol. The van der Waals surface area contributed by atoms with E-state index in [0.717, 1.165) is 12.6 Å². The van der Waals surface area contributed by atoms with Crippen LogP contribution < -0.4 is 4.72 Å². The normalized spacial score (nSPS) is 12.0. The maximum Gasteiger partial charge on any atom is 0.300 e. The first-order valence-corrected chi connectivity index (χ1v) is 8.00. The molecule has 0 bridgehead atoms. The summed E-state index contributed by atoms with van der Waals surface area (Å²) >= 11 is 6.30. The number of hydrogen-bond donors (Lipinski definition) is 1. The van der Waals surface area contributed by atoms with Gasteiger partial charge in [-0.2, -0.15) is 0 Å². The van der Waals surface area contributed by atoms with Gasteiger partial charge in [-0.05, 0) is 27.1 Å². The van der Waals surface area contributed by atoms with Gasteiger partial charge >= 0.3 is 0 Å². The Morgan fingerprint density at radius 2 is 2.16 bits per heavy atom. The quantitative estimate of drug-likeness (QED) is 0.466. The highest BCUT2D eigenvalue weighted by Crippen LogP contribution is 2.35. The molecule has 1 heterocycles. The largest absolute Gasteiger partial charge is 0.309 e. The minimum absolute atomic E-state index is 0.140. The summed E-state index contributed by atoms with van der Waals surface area (Å²) in [7, 11) is 0.0393. The maximum absolute atomic E-state index is 11.9. The molecule has 0 unspecified atom stereocenters. The lowest BCUT2D eigenvalue weighted by atomic mass is 10.4. The monoisotopic (exact) mass is 327 g/mol. The van der Waals surface area contributed by atoms with Crippen molar-refractivity contribution in [2.45, 2.75) is 10.6 Å². The van der Waals surface area contributed by atoms with Crippen LogP contribution in [0.1, 0.15) is 6.42 Å². The van der Waals surface area contributed by atoms with Gasteiger partial charge in [0.25, 0.3) is 5.69 Å². The topological polar surface area (TPSA) is 92.6 Å². The van der Waals surface area contributed by atoms with E-state index in [9.17, 15) is 18.5 Å². The summed E-state index contributed by atoms with van der Waals surface area (Å²) in [5.74, 6) is 0. The summed E-state index contributed by atoms with van der Waals surface area (Å²) in [6.07, 6.45) is 0.646. The Hall–Kier alpha value is -0.740. The zero-order valence-electron chi connectivity index (χ0n) is 10.4. The Balaban J connectivity index is 2.72. The number of hydrogen-bond acceptors (Lipinski definition) is 6. The van der Waals surface area contributed by atoms with Gasteiger partial charge < -0.3 is 4.90 Å². The first-order valence-electron chi connectivity index (χ1n) is 5.32. The van der Waals surface area contributed by atoms with Crippen LogP contribution in [0.25, 0.3) is 0 Å². The van der Waals surface area contributed by atoms with Gasteiger partial charge in [0.1, 0.15) is 4.21 Å². The molecule has 1 N–H and O–H groups in total. The van der Waals surface area contributed by atoms with Gasteiger partial charge in [0.2, 0.25) is 10.0 Å². The molecule has 1 aromatic heterocycles. The molecule has 1 rings (SSSR count). The summed E-state index contributed by atoms with van der Waals surface area (Å²) in [6, 6.07) is 0.973. The second-order valence-corrected chi connectivity index (χ2v) is 7.68. The minimum atomic E-state index is -3.73. The molecule has 0 aliphatic carbocycles. The molecule has 0 amide bonds. The highest BCUT2D eigenvalue weighted by atomic mass is 35.5. The van der Waals surface area contributed by atoms with Crippen LogP contribution in [0.2, 0.25) is 4.34 Å². The number of thiophene rings is 1. The fourth-order valence-electron chi connectivity index (χ4n) is 1.27. The van der Waals surface area contributed by atoms with Crippen molar-refractivity contribution in [1.82, 2.24) is 9.62 Å². The number of nitrogens with one attached hydrogen (secondary N) is 1. The van der Waals surface area contributed by atoms with Crippen molar-refractivity contribution in [3.05, 3.63) is 20.5 Å². The second-order valence-electron chi connectivity index (χ2n) is 4.04. The summed E-state index contributed by atoms with van der Waals surface area (Å²) < 4.78 is 25.8. The first-order chi connectivity index (χ1) is 8.74. The molecule has 0 saturated heterocycles. The number of sulfonamides is 1.